The van der Waals surface area contributed by atoms with E-state index in [1.54, 1.807) is 34.8 Å². The van der Waals surface area contributed by atoms with Crippen LogP contribution in [0.25, 0.3) is 0 Å². The number of phenols is 1. The van der Waals surface area contributed by atoms with Gasteiger partial charge in [0.1, 0.15) is 5.75 Å². The molecule has 0 aliphatic carbocycles. The molecule has 0 fully saturated rings. The van der Waals surface area contributed by atoms with Crippen LogP contribution in [0, 0.1) is 13.8 Å². The van der Waals surface area contributed by atoms with Crippen molar-refractivity contribution in [2.75, 3.05) is 4.90 Å². The zero-order valence-electron chi connectivity index (χ0n) is 11.3. The van der Waals surface area contributed by atoms with Gasteiger partial charge in [0.05, 0.1) is 11.4 Å². The summed E-state index contributed by atoms with van der Waals surface area (Å²) in [6.45, 7) is 4.23. The molecule has 0 aliphatic heterocycles. The van der Waals surface area contributed by atoms with Crippen molar-refractivity contribution in [3.63, 3.8) is 0 Å². The van der Waals surface area contributed by atoms with Crippen molar-refractivity contribution in [3.8, 4) is 5.75 Å². The van der Waals surface area contributed by atoms with E-state index < -0.39 is 0 Å². The lowest BCUT2D eigenvalue weighted by atomic mass is 10.2. The molecule has 3 aromatic rings. The number of thiophene rings is 2. The molecule has 4 heteroatoms. The molecular formula is C16H15NOS2. The molecule has 0 amide bonds. The van der Waals surface area contributed by atoms with Crippen LogP contribution < -0.4 is 4.90 Å². The topological polar surface area (TPSA) is 23.5 Å². The maximum atomic E-state index is 9.47. The molecule has 2 heterocycles. The van der Waals surface area contributed by atoms with Gasteiger partial charge < -0.3 is 10.0 Å². The molecular weight excluding hydrogens is 286 g/mol. The van der Waals surface area contributed by atoms with Gasteiger partial charge in [-0.05, 0) is 50.2 Å². The van der Waals surface area contributed by atoms with Gasteiger partial charge in [-0.25, -0.2) is 0 Å². The predicted octanol–water partition coefficient (Wildman–Crippen LogP) is 5.60. The molecule has 0 bridgehead atoms. The fourth-order valence-electron chi connectivity index (χ4n) is 2.14. The molecule has 1 aromatic carbocycles. The molecule has 2 nitrogen and oxygen atoms in total. The first kappa shape index (κ1) is 13.2. The first-order valence-electron chi connectivity index (χ1n) is 6.33. The second-order valence-corrected chi connectivity index (χ2v) is 6.91. The number of rotatable bonds is 3. The van der Waals surface area contributed by atoms with Crippen LogP contribution in [0.1, 0.15) is 9.75 Å². The third-order valence-corrected chi connectivity index (χ3v) is 4.76. The fraction of sp³-hybridized carbons (Fsp3) is 0.125. The average molecular weight is 301 g/mol. The van der Waals surface area contributed by atoms with E-state index in [2.05, 4.69) is 41.6 Å². The Hall–Kier alpha value is -1.78. The van der Waals surface area contributed by atoms with E-state index in [0.29, 0.717) is 0 Å². The monoisotopic (exact) mass is 301 g/mol. The number of aromatic hydroxyl groups is 1. The van der Waals surface area contributed by atoms with Gasteiger partial charge in [0, 0.05) is 26.2 Å². The highest BCUT2D eigenvalue weighted by atomic mass is 32.1. The lowest BCUT2D eigenvalue weighted by Crippen LogP contribution is -2.07. The summed E-state index contributed by atoms with van der Waals surface area (Å²) in [6.07, 6.45) is 0. The Kier molecular flexibility index (Phi) is 3.51. The Morgan fingerprint density at radius 1 is 0.800 bits per heavy atom. The molecule has 3 rings (SSSR count). The van der Waals surface area contributed by atoms with Crippen molar-refractivity contribution in [1.82, 2.24) is 0 Å². The summed E-state index contributed by atoms with van der Waals surface area (Å²) in [5.41, 5.74) is 3.38. The van der Waals surface area contributed by atoms with E-state index in [-0.39, 0.29) is 5.75 Å². The summed E-state index contributed by atoms with van der Waals surface area (Å²) in [7, 11) is 0. The lowest BCUT2D eigenvalue weighted by molar-refractivity contribution is 0.475. The highest BCUT2D eigenvalue weighted by Gasteiger charge is 2.14. The Bertz CT molecular complexity index is 672. The van der Waals surface area contributed by atoms with E-state index in [4.69, 9.17) is 0 Å². The molecule has 0 aliphatic rings. The fourth-order valence-corrected chi connectivity index (χ4v) is 3.48. The van der Waals surface area contributed by atoms with Crippen molar-refractivity contribution in [1.29, 1.82) is 0 Å². The first-order chi connectivity index (χ1) is 9.63. The van der Waals surface area contributed by atoms with E-state index in [9.17, 15) is 5.11 Å². The Labute approximate surface area is 126 Å². The molecule has 0 unspecified atom stereocenters. The molecule has 0 radical (unpaired) electrons. The molecule has 1 N–H and O–H groups in total. The maximum Gasteiger partial charge on any atom is 0.115 e. The molecule has 0 spiro atoms. The smallest absolute Gasteiger partial charge is 0.115 e. The normalized spacial score (nSPS) is 10.7. The predicted molar refractivity (Wildman–Crippen MR) is 88.0 cm³/mol. The molecule has 20 heavy (non-hydrogen) atoms. The summed E-state index contributed by atoms with van der Waals surface area (Å²) in [4.78, 5) is 4.79. The van der Waals surface area contributed by atoms with E-state index in [1.165, 1.54) is 9.75 Å². The Balaban J connectivity index is 2.10. The SMILES string of the molecule is Cc1cc(N(c2ccc(O)cc2)c2csc(C)c2)cs1. The standard InChI is InChI=1S/C16H15NOS2/c1-11-7-14(9-19-11)17(15-8-12(2)20-10-15)13-3-5-16(18)6-4-13/h3-10,18H,1-2H3. The largest absolute Gasteiger partial charge is 0.508 e. The average Bonchev–Trinajstić information content (AvgIpc) is 3.02. The van der Waals surface area contributed by atoms with Crippen LogP contribution in [0.4, 0.5) is 17.1 Å². The molecule has 0 saturated heterocycles. The van der Waals surface area contributed by atoms with Crippen molar-refractivity contribution >= 4 is 39.7 Å². The van der Waals surface area contributed by atoms with E-state index >= 15 is 0 Å². The van der Waals surface area contributed by atoms with Crippen LogP contribution in [0.3, 0.4) is 0 Å². The minimum Gasteiger partial charge on any atom is -0.508 e. The van der Waals surface area contributed by atoms with E-state index in [0.717, 1.165) is 17.1 Å². The highest BCUT2D eigenvalue weighted by Crippen LogP contribution is 2.39. The number of anilines is 3. The summed E-state index contributed by atoms with van der Waals surface area (Å²) >= 11 is 3.49. The number of aryl methyl sites for hydroxylation is 2. The van der Waals surface area contributed by atoms with Crippen LogP contribution in [-0.4, -0.2) is 5.11 Å². The third-order valence-electron chi connectivity index (χ3n) is 3.06. The quantitative estimate of drug-likeness (QED) is 0.680. The summed E-state index contributed by atoms with van der Waals surface area (Å²) in [6, 6.07) is 11.7. The molecule has 0 saturated carbocycles. The van der Waals surface area contributed by atoms with E-state index in [1.807, 2.05) is 12.1 Å². The van der Waals surface area contributed by atoms with Gasteiger partial charge in [0.25, 0.3) is 0 Å². The van der Waals surface area contributed by atoms with Crippen molar-refractivity contribution < 1.29 is 5.11 Å². The lowest BCUT2D eigenvalue weighted by Gasteiger charge is -2.22. The van der Waals surface area contributed by atoms with Gasteiger partial charge in [0.15, 0.2) is 0 Å². The van der Waals surface area contributed by atoms with Crippen LogP contribution in [-0.2, 0) is 0 Å². The summed E-state index contributed by atoms with van der Waals surface area (Å²) in [5.74, 6) is 0.289. The Morgan fingerprint density at radius 2 is 1.30 bits per heavy atom. The van der Waals surface area contributed by atoms with Gasteiger partial charge in [0.2, 0.25) is 0 Å². The highest BCUT2D eigenvalue weighted by molar-refractivity contribution is 7.10. The van der Waals surface area contributed by atoms with Crippen LogP contribution in [0.5, 0.6) is 5.75 Å². The van der Waals surface area contributed by atoms with Crippen LogP contribution in [0.15, 0.2) is 47.2 Å². The molecule has 2 aromatic heterocycles. The van der Waals surface area contributed by atoms with Gasteiger partial charge in [-0.1, -0.05) is 0 Å². The van der Waals surface area contributed by atoms with Gasteiger partial charge in [-0.15, -0.1) is 22.7 Å². The number of phenolic OH excluding ortho intramolecular Hbond substituents is 1. The summed E-state index contributed by atoms with van der Waals surface area (Å²) < 4.78 is 0. The number of benzene rings is 1. The zero-order valence-corrected chi connectivity index (χ0v) is 13.0. The van der Waals surface area contributed by atoms with Gasteiger partial charge >= 0.3 is 0 Å². The molecule has 102 valence electrons. The number of hydrogen-bond donors (Lipinski definition) is 1. The first-order valence-corrected chi connectivity index (χ1v) is 8.09. The van der Waals surface area contributed by atoms with Crippen molar-refractivity contribution in [2.24, 2.45) is 0 Å². The molecule has 0 atom stereocenters. The van der Waals surface area contributed by atoms with Gasteiger partial charge in [-0.3, -0.25) is 0 Å². The van der Waals surface area contributed by atoms with Crippen LogP contribution >= 0.6 is 22.7 Å². The minimum atomic E-state index is 0.289. The Morgan fingerprint density at radius 3 is 1.70 bits per heavy atom. The van der Waals surface area contributed by atoms with Crippen molar-refractivity contribution in [3.05, 3.63) is 56.9 Å². The zero-order chi connectivity index (χ0) is 14.1. The number of nitrogens with zero attached hydrogens (tertiary/aromatic N) is 1. The number of hydrogen-bond acceptors (Lipinski definition) is 4. The summed E-state index contributed by atoms with van der Waals surface area (Å²) in [5, 5.41) is 13.8. The second-order valence-electron chi connectivity index (χ2n) is 4.68. The van der Waals surface area contributed by atoms with Crippen molar-refractivity contribution in [2.45, 2.75) is 13.8 Å². The maximum absolute atomic E-state index is 9.47. The minimum absolute atomic E-state index is 0.289. The second kappa shape index (κ2) is 5.31. The van der Waals surface area contributed by atoms with Crippen LogP contribution in [0.2, 0.25) is 0 Å². The van der Waals surface area contributed by atoms with Gasteiger partial charge in [-0.2, -0.15) is 0 Å². The third kappa shape index (κ3) is 2.57.